The molecule has 2 aliphatic heterocycles. The molecule has 2 fully saturated rings. The minimum atomic E-state index is 0.114. The number of amides is 1. The monoisotopic (exact) mass is 385 g/mol. The van der Waals surface area contributed by atoms with E-state index in [9.17, 15) is 4.79 Å². The molecule has 0 radical (unpaired) electrons. The molecule has 7 nitrogen and oxygen atoms in total. The van der Waals surface area contributed by atoms with Crippen LogP contribution in [0.2, 0.25) is 0 Å². The number of likely N-dealkylation sites (tertiary alicyclic amines) is 1. The quantitative estimate of drug-likeness (QED) is 0.811. The lowest BCUT2D eigenvalue weighted by molar-refractivity contribution is -0.0715. The van der Waals surface area contributed by atoms with Crippen LogP contribution in [-0.2, 0) is 11.8 Å². The zero-order valence-corrected chi connectivity index (χ0v) is 17.6. The second-order valence-electron chi connectivity index (χ2n) is 8.49. The normalized spacial score (nSPS) is 26.3. The molecule has 4 heterocycles. The first-order valence-electron chi connectivity index (χ1n) is 10.3. The van der Waals surface area contributed by atoms with Crippen LogP contribution in [0.5, 0.6) is 0 Å². The van der Waals surface area contributed by atoms with Gasteiger partial charge in [-0.15, -0.1) is 0 Å². The van der Waals surface area contributed by atoms with Crippen molar-refractivity contribution in [2.75, 3.05) is 26.2 Å². The van der Waals surface area contributed by atoms with Crippen molar-refractivity contribution in [2.45, 2.75) is 58.8 Å². The molecule has 152 valence electrons. The molecule has 3 unspecified atom stereocenters. The molecule has 0 bridgehead atoms. The Morgan fingerprint density at radius 1 is 1.25 bits per heavy atom. The minimum absolute atomic E-state index is 0.114. The Morgan fingerprint density at radius 2 is 1.96 bits per heavy atom. The summed E-state index contributed by atoms with van der Waals surface area (Å²) in [5, 5.41) is 5.38. The van der Waals surface area contributed by atoms with Crippen molar-refractivity contribution >= 4 is 16.9 Å². The first-order valence-corrected chi connectivity index (χ1v) is 10.3. The fraction of sp³-hybridized carbons (Fsp3) is 0.667. The van der Waals surface area contributed by atoms with Crippen LogP contribution in [0.4, 0.5) is 0 Å². The highest BCUT2D eigenvalue weighted by Gasteiger charge is 2.34. The average molecular weight is 386 g/mol. The second-order valence-corrected chi connectivity index (χ2v) is 8.49. The van der Waals surface area contributed by atoms with E-state index in [0.29, 0.717) is 0 Å². The van der Waals surface area contributed by atoms with Gasteiger partial charge in [-0.05, 0) is 46.6 Å². The second kappa shape index (κ2) is 7.44. The van der Waals surface area contributed by atoms with E-state index in [1.807, 2.05) is 27.0 Å². The molecule has 0 spiro atoms. The van der Waals surface area contributed by atoms with Crippen LogP contribution < -0.4 is 0 Å². The lowest BCUT2D eigenvalue weighted by Gasteiger charge is -2.38. The van der Waals surface area contributed by atoms with Gasteiger partial charge in [-0.25, -0.2) is 4.98 Å². The highest BCUT2D eigenvalue weighted by Crippen LogP contribution is 2.27. The molecule has 7 heteroatoms. The van der Waals surface area contributed by atoms with Crippen LogP contribution in [0.3, 0.4) is 0 Å². The number of aromatic nitrogens is 3. The van der Waals surface area contributed by atoms with Crippen molar-refractivity contribution in [3.05, 3.63) is 23.0 Å². The van der Waals surface area contributed by atoms with E-state index >= 15 is 0 Å². The van der Waals surface area contributed by atoms with Crippen molar-refractivity contribution in [1.82, 2.24) is 24.6 Å². The summed E-state index contributed by atoms with van der Waals surface area (Å²) in [7, 11) is 1.88. The predicted molar refractivity (Wildman–Crippen MR) is 108 cm³/mol. The number of pyridine rings is 1. The summed E-state index contributed by atoms with van der Waals surface area (Å²) in [5.41, 5.74) is 3.24. The van der Waals surface area contributed by atoms with Crippen molar-refractivity contribution in [3.8, 4) is 0 Å². The summed E-state index contributed by atoms with van der Waals surface area (Å²) in [6, 6.07) is 2.18. The lowest BCUT2D eigenvalue weighted by Crippen LogP contribution is -2.51. The number of rotatable bonds is 3. The fourth-order valence-electron chi connectivity index (χ4n) is 4.92. The standard InChI is InChI=1S/C21H31N5O2/c1-13-9-18(19-16(4)23-24(5)20(19)22-13)21(27)26-8-6-7-17(26)12-25-10-14(2)28-15(3)11-25/h9,14-15,17H,6-8,10-12H2,1-5H3. The Morgan fingerprint density at radius 3 is 2.68 bits per heavy atom. The van der Waals surface area contributed by atoms with E-state index in [0.717, 1.165) is 67.0 Å². The topological polar surface area (TPSA) is 63.5 Å². The molecular formula is C21H31N5O2. The highest BCUT2D eigenvalue weighted by molar-refractivity contribution is 6.06. The van der Waals surface area contributed by atoms with Gasteiger partial charge in [0, 0.05) is 45.0 Å². The molecule has 0 saturated carbocycles. The number of nitrogens with zero attached hydrogens (tertiary/aromatic N) is 5. The van der Waals surface area contributed by atoms with Crippen LogP contribution in [-0.4, -0.2) is 74.9 Å². The molecule has 2 aliphatic rings. The number of ether oxygens (including phenoxy) is 1. The van der Waals surface area contributed by atoms with Crippen LogP contribution >= 0.6 is 0 Å². The van der Waals surface area contributed by atoms with Crippen molar-refractivity contribution in [2.24, 2.45) is 7.05 Å². The van der Waals surface area contributed by atoms with E-state index in [1.54, 1.807) is 4.68 Å². The maximum Gasteiger partial charge on any atom is 0.255 e. The Hall–Kier alpha value is -1.99. The number of morpholine rings is 1. The van der Waals surface area contributed by atoms with Crippen molar-refractivity contribution in [1.29, 1.82) is 0 Å². The smallest absolute Gasteiger partial charge is 0.255 e. The summed E-state index contributed by atoms with van der Waals surface area (Å²) >= 11 is 0. The van der Waals surface area contributed by atoms with Crippen LogP contribution in [0.15, 0.2) is 6.07 Å². The zero-order valence-electron chi connectivity index (χ0n) is 17.6. The molecule has 0 aliphatic carbocycles. The molecule has 4 rings (SSSR count). The van der Waals surface area contributed by atoms with E-state index in [1.165, 1.54) is 0 Å². The molecule has 28 heavy (non-hydrogen) atoms. The number of carbonyl (C=O) groups excluding carboxylic acids is 1. The number of fused-ring (bicyclic) bond motifs is 1. The van der Waals surface area contributed by atoms with Gasteiger partial charge in [0.2, 0.25) is 0 Å². The molecule has 0 aromatic carbocycles. The van der Waals surface area contributed by atoms with E-state index in [4.69, 9.17) is 4.74 Å². The third-order valence-corrected chi connectivity index (χ3v) is 5.93. The number of hydrogen-bond donors (Lipinski definition) is 0. The molecule has 3 atom stereocenters. The predicted octanol–water partition coefficient (Wildman–Crippen LogP) is 2.30. The summed E-state index contributed by atoms with van der Waals surface area (Å²) in [6.07, 6.45) is 2.61. The van der Waals surface area contributed by atoms with Gasteiger partial charge < -0.3 is 9.64 Å². The fourth-order valence-corrected chi connectivity index (χ4v) is 4.92. The molecule has 2 saturated heterocycles. The van der Waals surface area contributed by atoms with Gasteiger partial charge in [0.1, 0.15) is 0 Å². The third kappa shape index (κ3) is 3.53. The largest absolute Gasteiger partial charge is 0.373 e. The Bertz CT molecular complexity index is 883. The number of carbonyl (C=O) groups is 1. The molecule has 2 aromatic rings. The van der Waals surface area contributed by atoms with Crippen LogP contribution in [0, 0.1) is 13.8 Å². The number of hydrogen-bond acceptors (Lipinski definition) is 5. The Balaban J connectivity index is 1.60. The summed E-state index contributed by atoms with van der Waals surface area (Å²) in [6.45, 7) is 11.8. The van der Waals surface area contributed by atoms with Crippen LogP contribution in [0.25, 0.3) is 11.0 Å². The van der Waals surface area contributed by atoms with Crippen LogP contribution in [0.1, 0.15) is 48.4 Å². The lowest BCUT2D eigenvalue weighted by atomic mass is 10.1. The first kappa shape index (κ1) is 19.3. The van der Waals surface area contributed by atoms with Gasteiger partial charge in [0.05, 0.1) is 28.9 Å². The van der Waals surface area contributed by atoms with Crippen molar-refractivity contribution < 1.29 is 9.53 Å². The summed E-state index contributed by atoms with van der Waals surface area (Å²) in [4.78, 5) is 22.7. The molecule has 1 amide bonds. The third-order valence-electron chi connectivity index (χ3n) is 5.93. The average Bonchev–Trinajstić information content (AvgIpc) is 3.17. The van der Waals surface area contributed by atoms with Gasteiger partial charge >= 0.3 is 0 Å². The highest BCUT2D eigenvalue weighted by atomic mass is 16.5. The Kier molecular flexibility index (Phi) is 5.14. The summed E-state index contributed by atoms with van der Waals surface area (Å²) in [5.74, 6) is 0.114. The van der Waals surface area contributed by atoms with Gasteiger partial charge in [-0.2, -0.15) is 5.10 Å². The van der Waals surface area contributed by atoms with Gasteiger partial charge in [0.15, 0.2) is 5.65 Å². The van der Waals surface area contributed by atoms with Gasteiger partial charge in [-0.3, -0.25) is 14.4 Å². The molecule has 2 aromatic heterocycles. The maximum absolute atomic E-state index is 13.6. The molecular weight excluding hydrogens is 354 g/mol. The van der Waals surface area contributed by atoms with Gasteiger partial charge in [0.25, 0.3) is 5.91 Å². The zero-order chi connectivity index (χ0) is 20.0. The minimum Gasteiger partial charge on any atom is -0.373 e. The first-order chi connectivity index (χ1) is 13.3. The van der Waals surface area contributed by atoms with E-state index in [-0.39, 0.29) is 24.2 Å². The SMILES string of the molecule is Cc1cc(C(=O)N2CCCC2CN2CC(C)OC(C)C2)c2c(C)nn(C)c2n1. The van der Waals surface area contributed by atoms with E-state index in [2.05, 4.69) is 33.7 Å². The van der Waals surface area contributed by atoms with Crippen molar-refractivity contribution in [3.63, 3.8) is 0 Å². The maximum atomic E-state index is 13.6. The number of aryl methyl sites for hydroxylation is 3. The van der Waals surface area contributed by atoms with Gasteiger partial charge in [-0.1, -0.05) is 0 Å². The Labute approximate surface area is 166 Å². The van der Waals surface area contributed by atoms with E-state index < -0.39 is 0 Å². The summed E-state index contributed by atoms with van der Waals surface area (Å²) < 4.78 is 7.63. The molecule has 0 N–H and O–H groups in total.